The van der Waals surface area contributed by atoms with E-state index in [1.54, 1.807) is 13.2 Å². The average Bonchev–Trinajstić information content (AvgIpc) is 3.12. The van der Waals surface area contributed by atoms with E-state index >= 15 is 4.39 Å². The minimum Gasteiger partial charge on any atom is -0.497 e. The lowest BCUT2D eigenvalue weighted by molar-refractivity contribution is 0.0977. The van der Waals surface area contributed by atoms with Crippen LogP contribution in [0, 0.1) is 5.82 Å². The van der Waals surface area contributed by atoms with Crippen LogP contribution >= 0.6 is 0 Å². The first-order valence-corrected chi connectivity index (χ1v) is 11.7. The number of nitrogens with one attached hydrogen (secondary N) is 2. The molecule has 1 heterocycles. The number of ether oxygens (including phenoxy) is 1. The molecular formula is C24H21FN2O4S. The molecule has 0 fully saturated rings. The third-order valence-electron chi connectivity index (χ3n) is 5.14. The molecule has 0 aliphatic carbocycles. The van der Waals surface area contributed by atoms with Gasteiger partial charge >= 0.3 is 0 Å². The van der Waals surface area contributed by atoms with Crippen LogP contribution in [-0.2, 0) is 16.4 Å². The molecule has 0 aliphatic rings. The summed E-state index contributed by atoms with van der Waals surface area (Å²) in [5.74, 6) is -1.06. The molecule has 0 saturated carbocycles. The van der Waals surface area contributed by atoms with Gasteiger partial charge < -0.3 is 9.72 Å². The predicted molar refractivity (Wildman–Crippen MR) is 122 cm³/mol. The second-order valence-electron chi connectivity index (χ2n) is 7.41. The highest BCUT2D eigenvalue weighted by molar-refractivity contribution is 7.89. The fourth-order valence-corrected chi connectivity index (χ4v) is 4.15. The maximum absolute atomic E-state index is 15.3. The van der Waals surface area contributed by atoms with Crippen molar-refractivity contribution in [1.29, 1.82) is 0 Å². The molecule has 32 heavy (non-hydrogen) atoms. The van der Waals surface area contributed by atoms with Gasteiger partial charge in [-0.05, 0) is 34.9 Å². The molecule has 1 aromatic heterocycles. The number of halogens is 1. The van der Waals surface area contributed by atoms with Crippen LogP contribution < -0.4 is 9.46 Å². The molecule has 0 aliphatic heterocycles. The Balaban J connectivity index is 1.82. The Morgan fingerprint density at radius 3 is 2.50 bits per heavy atom. The first-order valence-electron chi connectivity index (χ1n) is 9.80. The van der Waals surface area contributed by atoms with Crippen LogP contribution in [0.4, 0.5) is 4.39 Å². The summed E-state index contributed by atoms with van der Waals surface area (Å²) in [4.78, 5) is 15.7. The largest absolute Gasteiger partial charge is 0.497 e. The van der Waals surface area contributed by atoms with E-state index in [1.165, 1.54) is 12.1 Å². The first-order chi connectivity index (χ1) is 15.3. The van der Waals surface area contributed by atoms with Crippen LogP contribution in [0.1, 0.15) is 21.5 Å². The van der Waals surface area contributed by atoms with Crippen LogP contribution in [-0.4, -0.2) is 32.7 Å². The number of methoxy groups -OCH3 is 1. The molecule has 3 aromatic carbocycles. The van der Waals surface area contributed by atoms with Crippen LogP contribution in [0.25, 0.3) is 22.2 Å². The topological polar surface area (TPSA) is 88.3 Å². The summed E-state index contributed by atoms with van der Waals surface area (Å²) < 4.78 is 45.2. The number of carbonyl (C=O) groups excluding carboxylic acids is 1. The van der Waals surface area contributed by atoms with Crippen molar-refractivity contribution < 1.29 is 22.3 Å². The summed E-state index contributed by atoms with van der Waals surface area (Å²) in [5.41, 5.74) is 3.41. The predicted octanol–water partition coefficient (Wildman–Crippen LogP) is 4.26. The average molecular weight is 453 g/mol. The Morgan fingerprint density at radius 2 is 1.81 bits per heavy atom. The quantitative estimate of drug-likeness (QED) is 0.458. The summed E-state index contributed by atoms with van der Waals surface area (Å²) in [6, 6.07) is 19.7. The van der Waals surface area contributed by atoms with Gasteiger partial charge in [-0.1, -0.05) is 42.5 Å². The maximum Gasteiger partial charge on any atom is 0.267 e. The van der Waals surface area contributed by atoms with Gasteiger partial charge in [-0.15, -0.1) is 0 Å². The summed E-state index contributed by atoms with van der Waals surface area (Å²) in [7, 11) is -2.22. The van der Waals surface area contributed by atoms with Crippen molar-refractivity contribution in [2.24, 2.45) is 0 Å². The van der Waals surface area contributed by atoms with Gasteiger partial charge in [-0.25, -0.2) is 17.5 Å². The fourth-order valence-electron chi connectivity index (χ4n) is 3.70. The van der Waals surface area contributed by atoms with E-state index in [-0.39, 0.29) is 17.5 Å². The third-order valence-corrected chi connectivity index (χ3v) is 5.70. The number of sulfonamides is 1. The van der Waals surface area contributed by atoms with E-state index in [2.05, 4.69) is 4.98 Å². The van der Waals surface area contributed by atoms with Crippen molar-refractivity contribution in [2.75, 3.05) is 13.4 Å². The van der Waals surface area contributed by atoms with Gasteiger partial charge in [0.05, 0.1) is 24.6 Å². The van der Waals surface area contributed by atoms with Gasteiger partial charge in [0.2, 0.25) is 10.0 Å². The van der Waals surface area contributed by atoms with Crippen molar-refractivity contribution >= 4 is 26.8 Å². The zero-order chi connectivity index (χ0) is 22.9. The van der Waals surface area contributed by atoms with Gasteiger partial charge in [0, 0.05) is 23.4 Å². The normalized spacial score (nSPS) is 11.5. The lowest BCUT2D eigenvalue weighted by Gasteiger charge is -2.10. The van der Waals surface area contributed by atoms with Gasteiger partial charge in [0.25, 0.3) is 5.91 Å². The molecule has 2 N–H and O–H groups in total. The van der Waals surface area contributed by atoms with Crippen molar-refractivity contribution in [1.82, 2.24) is 9.71 Å². The van der Waals surface area contributed by atoms with Gasteiger partial charge in [-0.2, -0.15) is 0 Å². The molecule has 4 rings (SSSR count). The molecule has 0 unspecified atom stereocenters. The summed E-state index contributed by atoms with van der Waals surface area (Å²) >= 11 is 0. The third kappa shape index (κ3) is 4.36. The molecule has 0 bridgehead atoms. The molecule has 0 atom stereocenters. The summed E-state index contributed by atoms with van der Waals surface area (Å²) in [6.07, 6.45) is 1.04. The molecule has 0 saturated heterocycles. The van der Waals surface area contributed by atoms with Gasteiger partial charge in [-0.3, -0.25) is 4.79 Å². The molecule has 8 heteroatoms. The number of aromatic nitrogens is 1. The van der Waals surface area contributed by atoms with E-state index in [0.29, 0.717) is 5.75 Å². The van der Waals surface area contributed by atoms with Crippen molar-refractivity contribution in [3.8, 4) is 17.0 Å². The Labute approximate surface area is 185 Å². The van der Waals surface area contributed by atoms with Crippen LogP contribution in [0.15, 0.2) is 66.7 Å². The molecule has 4 aromatic rings. The monoisotopic (exact) mass is 452 g/mol. The summed E-state index contributed by atoms with van der Waals surface area (Å²) in [6.45, 7) is 0. The number of aromatic amines is 1. The van der Waals surface area contributed by atoms with Gasteiger partial charge in [0.1, 0.15) is 11.6 Å². The molecular weight excluding hydrogens is 431 g/mol. The highest BCUT2D eigenvalue weighted by Crippen LogP contribution is 2.34. The number of hydrogen-bond acceptors (Lipinski definition) is 4. The molecule has 0 spiro atoms. The van der Waals surface area contributed by atoms with E-state index < -0.39 is 21.7 Å². The molecule has 164 valence electrons. The Morgan fingerprint density at radius 1 is 1.06 bits per heavy atom. The van der Waals surface area contributed by atoms with Crippen molar-refractivity contribution in [3.63, 3.8) is 0 Å². The number of hydrogen-bond donors (Lipinski definition) is 2. The van der Waals surface area contributed by atoms with Crippen molar-refractivity contribution in [2.45, 2.75) is 6.42 Å². The van der Waals surface area contributed by atoms with E-state index in [4.69, 9.17) is 4.74 Å². The zero-order valence-corrected chi connectivity index (χ0v) is 18.3. The lowest BCUT2D eigenvalue weighted by atomic mass is 9.97. The first kappa shape index (κ1) is 21.6. The van der Waals surface area contributed by atoms with E-state index in [9.17, 15) is 13.2 Å². The highest BCUT2D eigenvalue weighted by atomic mass is 32.2. The van der Waals surface area contributed by atoms with E-state index in [0.717, 1.165) is 34.0 Å². The minimum atomic E-state index is -3.81. The number of amides is 1. The number of benzene rings is 3. The Hall–Kier alpha value is -3.65. The van der Waals surface area contributed by atoms with E-state index in [1.807, 2.05) is 53.3 Å². The SMILES string of the molecule is COc1ccc2c(Cc3cccc(C(=O)NS(C)(=O)=O)c3F)c(-c3ccccc3)[nH]c2c1. The Bertz CT molecular complexity index is 1410. The zero-order valence-electron chi connectivity index (χ0n) is 17.5. The molecule has 0 radical (unpaired) electrons. The number of fused-ring (bicyclic) bond motifs is 1. The maximum atomic E-state index is 15.3. The van der Waals surface area contributed by atoms with Crippen molar-refractivity contribution in [3.05, 3.63) is 89.2 Å². The van der Waals surface area contributed by atoms with Crippen LogP contribution in [0.2, 0.25) is 0 Å². The van der Waals surface area contributed by atoms with Crippen LogP contribution in [0.5, 0.6) is 5.75 Å². The lowest BCUT2D eigenvalue weighted by Crippen LogP contribution is -2.30. The van der Waals surface area contributed by atoms with Crippen LogP contribution in [0.3, 0.4) is 0 Å². The minimum absolute atomic E-state index is 0.197. The standard InChI is InChI=1S/C24H21FN2O4S/c1-31-17-11-12-18-20(23(26-21(18)14-17)15-7-4-3-5-8-15)13-16-9-6-10-19(22(16)25)24(28)27-32(2,29)30/h3-12,14,26H,13H2,1-2H3,(H,27,28). The number of H-pyrrole nitrogens is 1. The number of rotatable bonds is 6. The highest BCUT2D eigenvalue weighted by Gasteiger charge is 2.20. The molecule has 6 nitrogen and oxygen atoms in total. The summed E-state index contributed by atoms with van der Waals surface area (Å²) in [5, 5.41) is 0.898. The van der Waals surface area contributed by atoms with Gasteiger partial charge in [0.15, 0.2) is 0 Å². The second kappa shape index (κ2) is 8.47. The molecule has 1 amide bonds. The smallest absolute Gasteiger partial charge is 0.267 e. The second-order valence-corrected chi connectivity index (χ2v) is 9.16. The fraction of sp³-hybridized carbons (Fsp3) is 0.125. The Kier molecular flexibility index (Phi) is 5.71. The number of carbonyl (C=O) groups is 1.